The Balaban J connectivity index is 2.03. The summed E-state index contributed by atoms with van der Waals surface area (Å²) in [6.07, 6.45) is 1.09. The van der Waals surface area contributed by atoms with Gasteiger partial charge in [0.25, 0.3) is 0 Å². The van der Waals surface area contributed by atoms with Gasteiger partial charge in [0.15, 0.2) is 11.5 Å². The molecule has 0 heterocycles. The molecule has 0 amide bonds. The number of para-hydroxylation sites is 1. The molecule has 0 saturated carbocycles. The van der Waals surface area contributed by atoms with E-state index in [0.717, 1.165) is 36.4 Å². The number of hydrogen-bond acceptors (Lipinski definition) is 4. The van der Waals surface area contributed by atoms with Crippen LogP contribution >= 0.6 is 23.2 Å². The second-order valence-electron chi connectivity index (χ2n) is 6.31. The van der Waals surface area contributed by atoms with E-state index in [9.17, 15) is 0 Å². The summed E-state index contributed by atoms with van der Waals surface area (Å²) < 4.78 is 11.5. The van der Waals surface area contributed by atoms with Crippen molar-refractivity contribution in [2.45, 2.75) is 19.6 Å². The number of benzene rings is 2. The molecule has 4 nitrogen and oxygen atoms in total. The molecule has 6 heteroatoms. The average Bonchev–Trinajstić information content (AvgIpc) is 2.60. The van der Waals surface area contributed by atoms with Crippen molar-refractivity contribution < 1.29 is 9.47 Å². The predicted molar refractivity (Wildman–Crippen MR) is 109 cm³/mol. The Morgan fingerprint density at radius 1 is 1.08 bits per heavy atom. The van der Waals surface area contributed by atoms with Crippen LogP contribution in [0.15, 0.2) is 36.4 Å². The van der Waals surface area contributed by atoms with Gasteiger partial charge in [0.2, 0.25) is 0 Å². The highest BCUT2D eigenvalue weighted by Gasteiger charge is 2.12. The first kappa shape index (κ1) is 20.8. The Morgan fingerprint density at radius 3 is 2.58 bits per heavy atom. The van der Waals surface area contributed by atoms with E-state index in [1.54, 1.807) is 13.2 Å². The highest BCUT2D eigenvalue weighted by Crippen LogP contribution is 2.32. The SMILES string of the molecule is COc1cccc(CNCCCN(C)C)c1OCc1ccc(Cl)cc1Cl. The molecule has 0 unspecified atom stereocenters. The first-order chi connectivity index (χ1) is 12.5. The van der Waals surface area contributed by atoms with Crippen molar-refractivity contribution in [1.29, 1.82) is 0 Å². The molecule has 142 valence electrons. The fourth-order valence-electron chi connectivity index (χ4n) is 2.56. The third-order valence-electron chi connectivity index (χ3n) is 3.94. The smallest absolute Gasteiger partial charge is 0.166 e. The number of ether oxygens (including phenoxy) is 2. The van der Waals surface area contributed by atoms with Gasteiger partial charge in [-0.25, -0.2) is 0 Å². The fraction of sp³-hybridized carbons (Fsp3) is 0.400. The maximum absolute atomic E-state index is 6.24. The Hall–Kier alpha value is -1.46. The van der Waals surface area contributed by atoms with Gasteiger partial charge < -0.3 is 19.7 Å². The van der Waals surface area contributed by atoms with Gasteiger partial charge in [0.05, 0.1) is 7.11 Å². The first-order valence-corrected chi connectivity index (χ1v) is 9.35. The van der Waals surface area contributed by atoms with Crippen LogP contribution in [-0.4, -0.2) is 39.2 Å². The molecule has 2 aromatic carbocycles. The molecule has 2 rings (SSSR count). The molecule has 1 N–H and O–H groups in total. The van der Waals surface area contributed by atoms with Gasteiger partial charge in [-0.1, -0.05) is 41.4 Å². The van der Waals surface area contributed by atoms with Crippen LogP contribution in [0, 0.1) is 0 Å². The molecular formula is C20H26Cl2N2O2. The number of nitrogens with zero attached hydrogens (tertiary/aromatic N) is 1. The molecule has 0 aliphatic rings. The lowest BCUT2D eigenvalue weighted by molar-refractivity contribution is 0.280. The number of rotatable bonds is 10. The zero-order valence-corrected chi connectivity index (χ0v) is 17.0. The first-order valence-electron chi connectivity index (χ1n) is 8.59. The predicted octanol–water partition coefficient (Wildman–Crippen LogP) is 4.62. The minimum absolute atomic E-state index is 0.351. The van der Waals surface area contributed by atoms with Crippen LogP contribution in [0.3, 0.4) is 0 Å². The van der Waals surface area contributed by atoms with E-state index in [4.69, 9.17) is 32.7 Å². The van der Waals surface area contributed by atoms with Gasteiger partial charge in [-0.3, -0.25) is 0 Å². The maximum Gasteiger partial charge on any atom is 0.166 e. The Morgan fingerprint density at radius 2 is 1.88 bits per heavy atom. The van der Waals surface area contributed by atoms with Crippen LogP contribution in [0.25, 0.3) is 0 Å². The van der Waals surface area contributed by atoms with Gasteiger partial charge >= 0.3 is 0 Å². The summed E-state index contributed by atoms with van der Waals surface area (Å²) in [5, 5.41) is 4.66. The van der Waals surface area contributed by atoms with Crippen LogP contribution < -0.4 is 14.8 Å². The summed E-state index contributed by atoms with van der Waals surface area (Å²) in [6, 6.07) is 11.3. The summed E-state index contributed by atoms with van der Waals surface area (Å²) in [5.41, 5.74) is 1.94. The third-order valence-corrected chi connectivity index (χ3v) is 4.53. The molecule has 0 aromatic heterocycles. The summed E-state index contributed by atoms with van der Waals surface area (Å²) in [4.78, 5) is 2.18. The van der Waals surface area contributed by atoms with E-state index in [0.29, 0.717) is 28.9 Å². The molecule has 0 atom stereocenters. The zero-order valence-electron chi connectivity index (χ0n) is 15.5. The van der Waals surface area contributed by atoms with E-state index in [-0.39, 0.29) is 0 Å². The molecular weight excluding hydrogens is 371 g/mol. The monoisotopic (exact) mass is 396 g/mol. The largest absolute Gasteiger partial charge is 0.493 e. The van der Waals surface area contributed by atoms with Crippen molar-refractivity contribution in [3.8, 4) is 11.5 Å². The Labute approximate surface area is 166 Å². The highest BCUT2D eigenvalue weighted by atomic mass is 35.5. The van der Waals surface area contributed by atoms with Gasteiger partial charge in [-0.05, 0) is 51.8 Å². The van der Waals surface area contributed by atoms with Gasteiger partial charge in [0.1, 0.15) is 6.61 Å². The Kier molecular flexibility index (Phi) is 8.52. The van der Waals surface area contributed by atoms with Gasteiger partial charge in [-0.2, -0.15) is 0 Å². The number of halogens is 2. The molecule has 0 aliphatic carbocycles. The topological polar surface area (TPSA) is 33.7 Å². The van der Waals surface area contributed by atoms with Crippen molar-refractivity contribution in [2.75, 3.05) is 34.3 Å². The molecule has 0 bridgehead atoms. The second-order valence-corrected chi connectivity index (χ2v) is 7.15. The van der Waals surface area contributed by atoms with Crippen molar-refractivity contribution in [2.24, 2.45) is 0 Å². The Bertz CT molecular complexity index is 708. The zero-order chi connectivity index (χ0) is 18.9. The van der Waals surface area contributed by atoms with Crippen molar-refractivity contribution in [3.05, 3.63) is 57.6 Å². The number of nitrogens with one attached hydrogen (secondary N) is 1. The van der Waals surface area contributed by atoms with E-state index in [1.807, 2.05) is 30.3 Å². The van der Waals surface area contributed by atoms with Crippen LogP contribution in [0.5, 0.6) is 11.5 Å². The molecule has 0 radical (unpaired) electrons. The summed E-state index contributed by atoms with van der Waals surface area (Å²) >= 11 is 12.2. The lowest BCUT2D eigenvalue weighted by atomic mass is 10.1. The summed E-state index contributed by atoms with van der Waals surface area (Å²) in [7, 11) is 5.80. The van der Waals surface area contributed by atoms with Crippen LogP contribution in [0.4, 0.5) is 0 Å². The molecule has 26 heavy (non-hydrogen) atoms. The summed E-state index contributed by atoms with van der Waals surface area (Å²) in [5.74, 6) is 1.45. The second kappa shape index (κ2) is 10.6. The fourth-order valence-corrected chi connectivity index (χ4v) is 3.02. The highest BCUT2D eigenvalue weighted by molar-refractivity contribution is 6.35. The van der Waals surface area contributed by atoms with Crippen molar-refractivity contribution in [1.82, 2.24) is 10.2 Å². The van der Waals surface area contributed by atoms with E-state index in [2.05, 4.69) is 24.3 Å². The van der Waals surface area contributed by atoms with E-state index >= 15 is 0 Å². The third kappa shape index (κ3) is 6.36. The lowest BCUT2D eigenvalue weighted by Gasteiger charge is -2.16. The lowest BCUT2D eigenvalue weighted by Crippen LogP contribution is -2.21. The van der Waals surface area contributed by atoms with E-state index < -0.39 is 0 Å². The van der Waals surface area contributed by atoms with Crippen molar-refractivity contribution >= 4 is 23.2 Å². The molecule has 2 aromatic rings. The van der Waals surface area contributed by atoms with E-state index in [1.165, 1.54) is 0 Å². The quantitative estimate of drug-likeness (QED) is 0.593. The van der Waals surface area contributed by atoms with Crippen LogP contribution in [0.2, 0.25) is 10.0 Å². The summed E-state index contributed by atoms with van der Waals surface area (Å²) in [6.45, 7) is 3.07. The molecule has 0 saturated heterocycles. The molecule has 0 fully saturated rings. The maximum atomic E-state index is 6.24. The number of methoxy groups -OCH3 is 1. The standard InChI is InChI=1S/C20H26Cl2N2O2/c1-24(2)11-5-10-23-13-15-6-4-7-19(25-3)20(15)26-14-16-8-9-17(21)12-18(16)22/h4,6-9,12,23H,5,10-11,13-14H2,1-3H3. The molecule has 0 aliphatic heterocycles. The van der Waals surface area contributed by atoms with Gasteiger partial charge in [-0.15, -0.1) is 0 Å². The van der Waals surface area contributed by atoms with Crippen molar-refractivity contribution in [3.63, 3.8) is 0 Å². The van der Waals surface area contributed by atoms with Crippen LogP contribution in [0.1, 0.15) is 17.5 Å². The minimum Gasteiger partial charge on any atom is -0.493 e. The average molecular weight is 397 g/mol. The molecule has 0 spiro atoms. The van der Waals surface area contributed by atoms with Crippen LogP contribution in [-0.2, 0) is 13.2 Å². The number of hydrogen-bond donors (Lipinski definition) is 1. The normalized spacial score (nSPS) is 11.0. The minimum atomic E-state index is 0.351. The van der Waals surface area contributed by atoms with Gasteiger partial charge in [0, 0.05) is 27.7 Å².